The molecule has 0 bridgehead atoms. The molecule has 2 aliphatic heterocycles. The molecule has 0 saturated carbocycles. The van der Waals surface area contributed by atoms with Gasteiger partial charge in [0.05, 0.1) is 22.8 Å². The summed E-state index contributed by atoms with van der Waals surface area (Å²) in [5.74, 6) is 2.34. The van der Waals surface area contributed by atoms with Gasteiger partial charge in [-0.2, -0.15) is 5.10 Å². The molecule has 4 heterocycles. The minimum absolute atomic E-state index is 0.0779. The van der Waals surface area contributed by atoms with Crippen LogP contribution in [0.3, 0.4) is 0 Å². The van der Waals surface area contributed by atoms with E-state index in [4.69, 9.17) is 15.1 Å². The highest BCUT2D eigenvalue weighted by Crippen LogP contribution is 2.49. The number of hydrogen-bond donors (Lipinski definition) is 1. The van der Waals surface area contributed by atoms with E-state index in [1.807, 2.05) is 28.9 Å². The van der Waals surface area contributed by atoms with E-state index in [1.54, 1.807) is 11.3 Å². The third kappa shape index (κ3) is 3.58. The molecule has 0 amide bonds. The number of nitrogens with zero attached hydrogens (tertiary/aromatic N) is 5. The van der Waals surface area contributed by atoms with Crippen molar-refractivity contribution in [1.29, 1.82) is 0 Å². The van der Waals surface area contributed by atoms with Gasteiger partial charge in [0.2, 0.25) is 0 Å². The van der Waals surface area contributed by atoms with Crippen molar-refractivity contribution in [2.45, 2.75) is 19.9 Å². The highest BCUT2D eigenvalue weighted by atomic mass is 32.1. The van der Waals surface area contributed by atoms with Crippen molar-refractivity contribution >= 4 is 45.9 Å². The molecule has 0 radical (unpaired) electrons. The number of rotatable bonds is 3. The fourth-order valence-corrected chi connectivity index (χ4v) is 5.95. The normalized spacial score (nSPS) is 15.8. The number of thiophene rings is 1. The monoisotopic (exact) mass is 500 g/mol. The van der Waals surface area contributed by atoms with Crippen LogP contribution in [0.25, 0.3) is 5.69 Å². The molecule has 37 heavy (non-hydrogen) atoms. The Kier molecular flexibility index (Phi) is 5.04. The lowest BCUT2D eigenvalue weighted by molar-refractivity contribution is 0.830. The zero-order chi connectivity index (χ0) is 24.9. The Labute approximate surface area is 219 Å². The van der Waals surface area contributed by atoms with Gasteiger partial charge in [0, 0.05) is 16.1 Å². The van der Waals surface area contributed by atoms with Crippen LogP contribution in [0.4, 0.5) is 22.9 Å². The lowest BCUT2D eigenvalue weighted by Gasteiger charge is -2.40. The van der Waals surface area contributed by atoms with Crippen molar-refractivity contribution in [3.8, 4) is 5.69 Å². The molecule has 0 fully saturated rings. The van der Waals surface area contributed by atoms with Crippen LogP contribution in [0.2, 0.25) is 0 Å². The molecule has 2 aliphatic rings. The second kappa shape index (κ2) is 8.57. The molecule has 180 valence electrons. The molecule has 1 atom stereocenters. The molecule has 0 unspecified atom stereocenters. The molecule has 1 N–H and O–H groups in total. The maximum Gasteiger partial charge on any atom is 0.179 e. The van der Waals surface area contributed by atoms with Gasteiger partial charge in [0.1, 0.15) is 6.04 Å². The fourth-order valence-electron chi connectivity index (χ4n) is 5.12. The number of benzene rings is 3. The maximum atomic E-state index is 5.28. The van der Waals surface area contributed by atoms with Crippen LogP contribution in [-0.2, 0) is 0 Å². The summed E-state index contributed by atoms with van der Waals surface area (Å²) in [5.41, 5.74) is 7.17. The van der Waals surface area contributed by atoms with Crippen LogP contribution in [-0.4, -0.2) is 21.5 Å². The van der Waals surface area contributed by atoms with E-state index in [1.165, 1.54) is 10.4 Å². The minimum atomic E-state index is -0.0779. The first kappa shape index (κ1) is 21.8. The number of aryl methyl sites for hydroxylation is 2. The highest BCUT2D eigenvalue weighted by Gasteiger charge is 2.41. The van der Waals surface area contributed by atoms with Crippen LogP contribution >= 0.6 is 11.3 Å². The van der Waals surface area contributed by atoms with Gasteiger partial charge in [-0.25, -0.2) is 14.7 Å². The molecule has 0 spiro atoms. The number of aromatic nitrogens is 2. The summed E-state index contributed by atoms with van der Waals surface area (Å²) < 4.78 is 1.96. The number of para-hydroxylation sites is 3. The minimum Gasteiger partial charge on any atom is -0.337 e. The number of aliphatic imine (C=N–C) groups is 2. The lowest BCUT2D eigenvalue weighted by atomic mass is 9.98. The third-order valence-electron chi connectivity index (χ3n) is 6.73. The molecular weight excluding hydrogens is 476 g/mol. The van der Waals surface area contributed by atoms with Crippen LogP contribution in [0.15, 0.2) is 106 Å². The molecule has 2 aromatic heterocycles. The van der Waals surface area contributed by atoms with Crippen LogP contribution in [0.1, 0.15) is 27.7 Å². The largest absolute Gasteiger partial charge is 0.337 e. The first-order valence-corrected chi connectivity index (χ1v) is 13.1. The van der Waals surface area contributed by atoms with Crippen molar-refractivity contribution in [3.05, 3.63) is 118 Å². The SMILES string of the molecule is Cc1cccc(NC2=Nc3ccccc3N3C2=Nc2c(c(C)nn2-c2ccccc2)[C@H]3c2cccs2)c1. The van der Waals surface area contributed by atoms with Crippen LogP contribution in [0, 0.1) is 13.8 Å². The third-order valence-corrected chi connectivity index (χ3v) is 7.66. The Balaban J connectivity index is 1.49. The summed E-state index contributed by atoms with van der Waals surface area (Å²) in [6, 6.07) is 31.0. The number of hydrogen-bond acceptors (Lipinski definition) is 6. The molecule has 7 rings (SSSR count). The Morgan fingerprint density at radius 2 is 1.68 bits per heavy atom. The van der Waals surface area contributed by atoms with Gasteiger partial charge in [0.25, 0.3) is 0 Å². The number of nitrogens with one attached hydrogen (secondary N) is 1. The Bertz CT molecular complexity index is 1680. The van der Waals surface area contributed by atoms with Crippen molar-refractivity contribution in [1.82, 2.24) is 9.78 Å². The molecule has 5 aromatic rings. The van der Waals surface area contributed by atoms with Crippen molar-refractivity contribution in [2.24, 2.45) is 9.98 Å². The predicted octanol–water partition coefficient (Wildman–Crippen LogP) is 7.35. The zero-order valence-electron chi connectivity index (χ0n) is 20.5. The molecule has 7 heteroatoms. The van der Waals surface area contributed by atoms with Crippen molar-refractivity contribution in [3.63, 3.8) is 0 Å². The summed E-state index contributed by atoms with van der Waals surface area (Å²) >= 11 is 1.75. The van der Waals surface area contributed by atoms with Gasteiger partial charge in [-0.05, 0) is 67.3 Å². The van der Waals surface area contributed by atoms with Crippen molar-refractivity contribution < 1.29 is 0 Å². The Morgan fingerprint density at radius 3 is 2.49 bits per heavy atom. The van der Waals surface area contributed by atoms with E-state index >= 15 is 0 Å². The van der Waals surface area contributed by atoms with Gasteiger partial charge in [-0.15, -0.1) is 11.3 Å². The van der Waals surface area contributed by atoms with Crippen LogP contribution < -0.4 is 10.2 Å². The summed E-state index contributed by atoms with van der Waals surface area (Å²) in [4.78, 5) is 13.9. The predicted molar refractivity (Wildman–Crippen MR) is 152 cm³/mol. The molecular formula is C30H24N6S. The topological polar surface area (TPSA) is 57.8 Å². The molecule has 3 aromatic carbocycles. The summed E-state index contributed by atoms with van der Waals surface area (Å²) in [6.07, 6.45) is 0. The van der Waals surface area contributed by atoms with Crippen molar-refractivity contribution in [2.75, 3.05) is 10.2 Å². The lowest BCUT2D eigenvalue weighted by Crippen LogP contribution is -2.46. The summed E-state index contributed by atoms with van der Waals surface area (Å²) in [7, 11) is 0. The number of anilines is 2. The number of fused-ring (bicyclic) bond motifs is 4. The zero-order valence-corrected chi connectivity index (χ0v) is 21.3. The maximum absolute atomic E-state index is 5.28. The Hall–Kier alpha value is -4.49. The summed E-state index contributed by atoms with van der Waals surface area (Å²) in [5, 5.41) is 10.7. The molecule has 6 nitrogen and oxygen atoms in total. The van der Waals surface area contributed by atoms with E-state index in [-0.39, 0.29) is 6.04 Å². The average Bonchev–Trinajstić information content (AvgIpc) is 3.57. The highest BCUT2D eigenvalue weighted by molar-refractivity contribution is 7.10. The first-order valence-electron chi connectivity index (χ1n) is 12.3. The standard InChI is InChI=1S/C30H24N6S/c1-19-10-8-11-21(18-19)31-28-30-33-29-26(20(2)34-36(29)22-12-4-3-5-13-22)27(25-16-9-17-37-25)35(30)24-15-7-6-14-23(24)32-28/h3-18,27H,1-2H3,(H,31,32)/t27-/m1/s1. The quantitative estimate of drug-likeness (QED) is 0.282. The van der Waals surface area contributed by atoms with Gasteiger partial charge < -0.3 is 10.2 Å². The fraction of sp³-hybridized carbons (Fsp3) is 0.100. The van der Waals surface area contributed by atoms with E-state index < -0.39 is 0 Å². The molecule has 0 saturated heterocycles. The van der Waals surface area contributed by atoms with Gasteiger partial charge in [0.15, 0.2) is 17.5 Å². The molecule has 0 aliphatic carbocycles. The average molecular weight is 501 g/mol. The van der Waals surface area contributed by atoms with E-state index in [9.17, 15) is 0 Å². The number of amidine groups is 2. The van der Waals surface area contributed by atoms with E-state index in [0.29, 0.717) is 0 Å². The second-order valence-electron chi connectivity index (χ2n) is 9.24. The van der Waals surface area contributed by atoms with E-state index in [2.05, 4.69) is 96.2 Å². The van der Waals surface area contributed by atoms with Gasteiger partial charge in [-0.3, -0.25) is 0 Å². The van der Waals surface area contributed by atoms with E-state index in [0.717, 1.165) is 51.5 Å². The summed E-state index contributed by atoms with van der Waals surface area (Å²) in [6.45, 7) is 4.17. The smallest absolute Gasteiger partial charge is 0.179 e. The second-order valence-corrected chi connectivity index (χ2v) is 10.2. The van der Waals surface area contributed by atoms with Crippen LogP contribution in [0.5, 0.6) is 0 Å². The van der Waals surface area contributed by atoms with Gasteiger partial charge >= 0.3 is 0 Å². The Morgan fingerprint density at radius 1 is 0.838 bits per heavy atom. The first-order chi connectivity index (χ1) is 18.2. The van der Waals surface area contributed by atoms with Gasteiger partial charge in [-0.1, -0.05) is 48.5 Å².